The fraction of sp³-hybridized carbons (Fsp3) is 0.200. The highest BCUT2D eigenvalue weighted by atomic mass is 35.5. The van der Waals surface area contributed by atoms with E-state index in [0.29, 0.717) is 47.2 Å². The number of piperidine rings is 1. The number of nitrogens with zero attached hydrogens (tertiary/aromatic N) is 3. The molecule has 6 nitrogen and oxygen atoms in total. The molecule has 0 bridgehead atoms. The first-order valence-corrected chi connectivity index (χ1v) is 13.0. The summed E-state index contributed by atoms with van der Waals surface area (Å²) in [6.45, 7) is 5.54. The first-order valence-electron chi connectivity index (χ1n) is 12.7. The Hall–Kier alpha value is -3.97. The van der Waals surface area contributed by atoms with Crippen LogP contribution < -0.4 is 16.5 Å². The molecule has 0 saturated carbocycles. The molecule has 8 heteroatoms. The number of carbonyl (C=O) groups excluding carboxylic acids is 1. The van der Waals surface area contributed by atoms with Crippen LogP contribution in [-0.2, 0) is 11.2 Å². The average molecular weight is 522 g/mol. The number of halogens is 1. The molecule has 3 aromatic carbocycles. The van der Waals surface area contributed by atoms with Crippen LogP contribution in [0.25, 0.3) is 22.2 Å². The predicted octanol–water partition coefficient (Wildman–Crippen LogP) is 4.40. The SMILES string of the molecule is [B]c1cnn(/C(=C\C(=C)c2ccccc2Cl)NC2CCN(C(=O)Cc3cccc4ccccc34)CC2)c1N. The smallest absolute Gasteiger partial charge is 0.227 e. The summed E-state index contributed by atoms with van der Waals surface area (Å²) in [5.74, 6) is 1.15. The van der Waals surface area contributed by atoms with Gasteiger partial charge in [0.1, 0.15) is 19.5 Å². The molecule has 2 heterocycles. The summed E-state index contributed by atoms with van der Waals surface area (Å²) < 4.78 is 1.58. The molecule has 1 aliphatic rings. The standard InChI is InChI=1S/C30H29BClN5O/c1-20(24-10-4-5-12-27(24)32)17-28(37-30(33)26(31)19-34-37)35-23-13-15-36(16-14-23)29(38)18-22-9-6-8-21-7-2-3-11-25(21)22/h2-12,17,19,23,35H,1,13-16,18,33H2/b28-17-. The van der Waals surface area contributed by atoms with Crippen molar-refractivity contribution in [3.63, 3.8) is 0 Å². The molecule has 0 spiro atoms. The van der Waals surface area contributed by atoms with Crippen LogP contribution in [0.1, 0.15) is 24.0 Å². The molecule has 0 unspecified atom stereocenters. The van der Waals surface area contributed by atoms with Crippen LogP contribution in [0.2, 0.25) is 5.02 Å². The summed E-state index contributed by atoms with van der Waals surface area (Å²) in [6, 6.07) is 22.0. The van der Waals surface area contributed by atoms with Gasteiger partial charge >= 0.3 is 0 Å². The largest absolute Gasteiger partial charge is 0.384 e. The van der Waals surface area contributed by atoms with Gasteiger partial charge in [0.05, 0.1) is 6.42 Å². The Balaban J connectivity index is 1.28. The molecule has 1 aromatic heterocycles. The van der Waals surface area contributed by atoms with Crippen LogP contribution in [0, 0.1) is 0 Å². The van der Waals surface area contributed by atoms with Crippen LogP contribution >= 0.6 is 11.6 Å². The highest BCUT2D eigenvalue weighted by molar-refractivity contribution is 6.35. The van der Waals surface area contributed by atoms with E-state index < -0.39 is 0 Å². The zero-order valence-corrected chi connectivity index (χ0v) is 21.9. The number of aromatic nitrogens is 2. The van der Waals surface area contributed by atoms with E-state index in [1.54, 1.807) is 4.68 Å². The van der Waals surface area contributed by atoms with Gasteiger partial charge in [0.25, 0.3) is 0 Å². The second-order valence-electron chi connectivity index (χ2n) is 9.55. The maximum absolute atomic E-state index is 13.2. The van der Waals surface area contributed by atoms with Crippen LogP contribution in [0.5, 0.6) is 0 Å². The number of nitrogen functional groups attached to an aromatic ring is 1. The quantitative estimate of drug-likeness (QED) is 0.279. The van der Waals surface area contributed by atoms with Crippen LogP contribution in [0.3, 0.4) is 0 Å². The number of carbonyl (C=O) groups is 1. The lowest BCUT2D eigenvalue weighted by atomic mass is 10.00. The van der Waals surface area contributed by atoms with Crippen molar-refractivity contribution in [2.75, 3.05) is 18.8 Å². The van der Waals surface area contributed by atoms with Gasteiger partial charge in [-0.15, -0.1) is 0 Å². The van der Waals surface area contributed by atoms with E-state index in [1.807, 2.05) is 59.5 Å². The lowest BCUT2D eigenvalue weighted by Crippen LogP contribution is -2.45. The molecule has 1 fully saturated rings. The molecule has 1 aliphatic heterocycles. The van der Waals surface area contributed by atoms with Gasteiger partial charge in [-0.1, -0.05) is 78.8 Å². The molecule has 38 heavy (non-hydrogen) atoms. The second-order valence-corrected chi connectivity index (χ2v) is 9.95. The number of rotatable bonds is 7. The third-order valence-corrected chi connectivity index (χ3v) is 7.35. The Labute approximate surface area is 229 Å². The van der Waals surface area contributed by atoms with E-state index in [9.17, 15) is 4.79 Å². The van der Waals surface area contributed by atoms with Gasteiger partial charge in [-0.3, -0.25) is 4.79 Å². The molecule has 4 aromatic rings. The van der Waals surface area contributed by atoms with Gasteiger partial charge in [-0.05, 0) is 57.9 Å². The molecule has 1 amide bonds. The van der Waals surface area contributed by atoms with Crippen molar-refractivity contribution in [3.8, 4) is 0 Å². The summed E-state index contributed by atoms with van der Waals surface area (Å²) in [4.78, 5) is 15.1. The number of nitrogens with one attached hydrogen (secondary N) is 1. The Bertz CT molecular complexity index is 1510. The number of hydrogen-bond acceptors (Lipinski definition) is 4. The van der Waals surface area contributed by atoms with Crippen LogP contribution in [0.4, 0.5) is 5.82 Å². The minimum atomic E-state index is 0.117. The molecule has 3 N–H and O–H groups in total. The third kappa shape index (κ3) is 5.48. The number of nitrogens with two attached hydrogens (primary N) is 1. The van der Waals surface area contributed by atoms with Crippen molar-refractivity contribution in [2.24, 2.45) is 0 Å². The number of anilines is 1. The van der Waals surface area contributed by atoms with Gasteiger partial charge in [-0.2, -0.15) is 5.10 Å². The van der Waals surface area contributed by atoms with Gasteiger partial charge in [-0.25, -0.2) is 4.68 Å². The van der Waals surface area contributed by atoms with E-state index in [1.165, 1.54) is 6.20 Å². The van der Waals surface area contributed by atoms with Crippen molar-refractivity contribution in [2.45, 2.75) is 25.3 Å². The topological polar surface area (TPSA) is 76.2 Å². The molecule has 5 rings (SSSR count). The van der Waals surface area contributed by atoms with Crippen LogP contribution in [0.15, 0.2) is 85.6 Å². The highest BCUT2D eigenvalue weighted by Gasteiger charge is 2.24. The molecular weight excluding hydrogens is 493 g/mol. The van der Waals surface area contributed by atoms with Crippen molar-refractivity contribution in [1.29, 1.82) is 0 Å². The maximum atomic E-state index is 13.2. The normalized spacial score (nSPS) is 14.6. The van der Waals surface area contributed by atoms with Crippen molar-refractivity contribution < 1.29 is 4.79 Å². The molecular formula is C30H29BClN5O. The Morgan fingerprint density at radius 2 is 1.82 bits per heavy atom. The van der Waals surface area contributed by atoms with E-state index >= 15 is 0 Å². The van der Waals surface area contributed by atoms with E-state index in [-0.39, 0.29) is 11.9 Å². The number of hydrogen-bond donors (Lipinski definition) is 2. The molecule has 0 aliphatic carbocycles. The molecule has 2 radical (unpaired) electrons. The van der Waals surface area contributed by atoms with E-state index in [2.05, 4.69) is 35.2 Å². The van der Waals surface area contributed by atoms with E-state index in [4.69, 9.17) is 25.2 Å². The third-order valence-electron chi connectivity index (χ3n) is 7.02. The monoisotopic (exact) mass is 521 g/mol. The summed E-state index contributed by atoms with van der Waals surface area (Å²) in [5.41, 5.74) is 9.21. The number of allylic oxidation sites excluding steroid dienone is 2. The fourth-order valence-corrected chi connectivity index (χ4v) is 5.15. The lowest BCUT2D eigenvalue weighted by molar-refractivity contribution is -0.131. The first kappa shape index (κ1) is 25.7. The average Bonchev–Trinajstić information content (AvgIpc) is 3.26. The van der Waals surface area contributed by atoms with Gasteiger partial charge in [0.2, 0.25) is 5.91 Å². The lowest BCUT2D eigenvalue weighted by Gasteiger charge is -2.33. The van der Waals surface area contributed by atoms with Crippen molar-refractivity contribution in [1.82, 2.24) is 20.0 Å². The second kappa shape index (κ2) is 11.2. The zero-order chi connectivity index (χ0) is 26.6. The minimum absolute atomic E-state index is 0.117. The number of amides is 1. The predicted molar refractivity (Wildman–Crippen MR) is 157 cm³/mol. The summed E-state index contributed by atoms with van der Waals surface area (Å²) >= 11 is 6.40. The molecule has 0 atom stereocenters. The van der Waals surface area contributed by atoms with Crippen LogP contribution in [-0.4, -0.2) is 47.6 Å². The summed E-state index contributed by atoms with van der Waals surface area (Å²) in [6.07, 6.45) is 5.37. The van der Waals surface area contributed by atoms with Gasteiger partial charge in [0.15, 0.2) is 0 Å². The van der Waals surface area contributed by atoms with Gasteiger partial charge in [0, 0.05) is 30.4 Å². The Morgan fingerprint density at radius 3 is 2.55 bits per heavy atom. The summed E-state index contributed by atoms with van der Waals surface area (Å²) in [5, 5.41) is 10.8. The van der Waals surface area contributed by atoms with Crippen molar-refractivity contribution in [3.05, 3.63) is 102 Å². The van der Waals surface area contributed by atoms with E-state index in [0.717, 1.165) is 34.7 Å². The summed E-state index contributed by atoms with van der Waals surface area (Å²) in [7, 11) is 5.98. The number of benzene rings is 3. The maximum Gasteiger partial charge on any atom is 0.227 e. The first-order chi connectivity index (χ1) is 18.4. The highest BCUT2D eigenvalue weighted by Crippen LogP contribution is 2.26. The minimum Gasteiger partial charge on any atom is -0.384 e. The zero-order valence-electron chi connectivity index (χ0n) is 21.1. The molecule has 1 saturated heterocycles. The Kier molecular flexibility index (Phi) is 7.56. The molecule has 190 valence electrons. The number of fused-ring (bicyclic) bond motifs is 1. The fourth-order valence-electron chi connectivity index (χ4n) is 4.89. The number of likely N-dealkylation sites (tertiary alicyclic amines) is 1. The van der Waals surface area contributed by atoms with Crippen molar-refractivity contribution >= 4 is 58.8 Å². The van der Waals surface area contributed by atoms with Gasteiger partial charge < -0.3 is 16.0 Å². The Morgan fingerprint density at radius 1 is 1.11 bits per heavy atom.